The molecule has 0 aromatic heterocycles. The van der Waals surface area contributed by atoms with Crippen LogP contribution in [-0.4, -0.2) is 31.2 Å². The molecule has 1 rings (SSSR count). The number of hydrogen-bond acceptors (Lipinski definition) is 3. The lowest BCUT2D eigenvalue weighted by Gasteiger charge is -2.22. The maximum Gasteiger partial charge on any atom is 0.221 e. The lowest BCUT2D eigenvalue weighted by atomic mass is 9.98. The van der Waals surface area contributed by atoms with Crippen molar-refractivity contribution in [3.8, 4) is 0 Å². The first-order valence-corrected chi connectivity index (χ1v) is 7.73. The van der Waals surface area contributed by atoms with E-state index >= 15 is 0 Å². The van der Waals surface area contributed by atoms with Crippen molar-refractivity contribution in [2.24, 2.45) is 11.7 Å². The van der Waals surface area contributed by atoms with Gasteiger partial charge in [0, 0.05) is 25.6 Å². The fourth-order valence-corrected chi connectivity index (χ4v) is 2.30. The molecule has 1 fully saturated rings. The van der Waals surface area contributed by atoms with Crippen LogP contribution in [-0.2, 0) is 9.53 Å². The summed E-state index contributed by atoms with van der Waals surface area (Å²) in [6.07, 6.45) is 8.12. The maximum atomic E-state index is 11.6. The van der Waals surface area contributed by atoms with Crippen LogP contribution in [0.2, 0.25) is 0 Å². The maximum absolute atomic E-state index is 11.6. The minimum atomic E-state index is -0.0431. The highest BCUT2D eigenvalue weighted by Gasteiger charge is 2.14. The lowest BCUT2D eigenvalue weighted by Crippen LogP contribution is -2.35. The van der Waals surface area contributed by atoms with Gasteiger partial charge in [-0.3, -0.25) is 4.79 Å². The highest BCUT2D eigenvalue weighted by atomic mass is 16.5. The Bertz CT molecular complexity index is 251. The predicted octanol–water partition coefficient (Wildman–Crippen LogP) is 2.22. The van der Waals surface area contributed by atoms with Crippen molar-refractivity contribution in [1.29, 1.82) is 0 Å². The van der Waals surface area contributed by atoms with Crippen molar-refractivity contribution in [3.05, 3.63) is 0 Å². The molecule has 4 heteroatoms. The van der Waals surface area contributed by atoms with Crippen LogP contribution in [0.1, 0.15) is 58.8 Å². The van der Waals surface area contributed by atoms with Crippen LogP contribution in [0.3, 0.4) is 0 Å². The summed E-state index contributed by atoms with van der Waals surface area (Å²) < 4.78 is 5.81. The van der Waals surface area contributed by atoms with Crippen LogP contribution in [0.4, 0.5) is 0 Å². The molecule has 0 aromatic carbocycles. The molecular formula is C15H30N2O2. The van der Waals surface area contributed by atoms with Gasteiger partial charge in [-0.2, -0.15) is 0 Å². The summed E-state index contributed by atoms with van der Waals surface area (Å²) in [5, 5.41) is 2.91. The number of hydrogen-bond donors (Lipinski definition) is 2. The van der Waals surface area contributed by atoms with Crippen LogP contribution in [0, 0.1) is 5.92 Å². The first-order valence-electron chi connectivity index (χ1n) is 7.73. The SMILES string of the molecule is CC(C)C(N)CC(=O)NCCCOC1CCCCC1. The van der Waals surface area contributed by atoms with Gasteiger partial charge in [-0.25, -0.2) is 0 Å². The van der Waals surface area contributed by atoms with E-state index in [1.54, 1.807) is 0 Å². The Balaban J connectivity index is 1.96. The first-order chi connectivity index (χ1) is 9.09. The summed E-state index contributed by atoms with van der Waals surface area (Å²) in [7, 11) is 0. The van der Waals surface area contributed by atoms with Gasteiger partial charge in [0.1, 0.15) is 0 Å². The summed E-state index contributed by atoms with van der Waals surface area (Å²) in [6, 6.07) is -0.0431. The van der Waals surface area contributed by atoms with Crippen molar-refractivity contribution in [2.45, 2.75) is 70.9 Å². The van der Waals surface area contributed by atoms with Crippen LogP contribution in [0.25, 0.3) is 0 Å². The number of rotatable bonds is 8. The van der Waals surface area contributed by atoms with Crippen molar-refractivity contribution >= 4 is 5.91 Å². The highest BCUT2D eigenvalue weighted by Crippen LogP contribution is 2.20. The number of ether oxygens (including phenoxy) is 1. The molecule has 1 saturated carbocycles. The minimum absolute atomic E-state index is 0.0431. The smallest absolute Gasteiger partial charge is 0.221 e. The Morgan fingerprint density at radius 1 is 1.32 bits per heavy atom. The van der Waals surface area contributed by atoms with E-state index in [2.05, 4.69) is 5.32 Å². The first kappa shape index (κ1) is 16.4. The molecular weight excluding hydrogens is 240 g/mol. The third-order valence-electron chi connectivity index (χ3n) is 3.83. The Labute approximate surface area is 117 Å². The second kappa shape index (κ2) is 9.32. The van der Waals surface area contributed by atoms with E-state index in [1.165, 1.54) is 32.1 Å². The van der Waals surface area contributed by atoms with Crippen molar-refractivity contribution in [2.75, 3.05) is 13.2 Å². The molecule has 0 aromatic rings. The number of carbonyl (C=O) groups is 1. The van der Waals surface area contributed by atoms with Gasteiger partial charge < -0.3 is 15.8 Å². The average molecular weight is 270 g/mol. The summed E-state index contributed by atoms with van der Waals surface area (Å²) in [6.45, 7) is 5.52. The average Bonchev–Trinajstić information content (AvgIpc) is 2.39. The molecule has 1 aliphatic rings. The van der Waals surface area contributed by atoms with Crippen molar-refractivity contribution in [3.63, 3.8) is 0 Å². The molecule has 0 aliphatic heterocycles. The third kappa shape index (κ3) is 7.53. The van der Waals surface area contributed by atoms with Crippen LogP contribution in [0.5, 0.6) is 0 Å². The molecule has 3 N–H and O–H groups in total. The van der Waals surface area contributed by atoms with Gasteiger partial charge in [-0.05, 0) is 25.2 Å². The Kier molecular flexibility index (Phi) is 8.07. The number of nitrogens with one attached hydrogen (secondary N) is 1. The summed E-state index contributed by atoms with van der Waals surface area (Å²) >= 11 is 0. The molecule has 1 atom stereocenters. The molecule has 0 bridgehead atoms. The number of amides is 1. The minimum Gasteiger partial charge on any atom is -0.378 e. The number of nitrogens with two attached hydrogens (primary N) is 1. The molecule has 1 unspecified atom stereocenters. The Morgan fingerprint density at radius 2 is 2.00 bits per heavy atom. The van der Waals surface area contributed by atoms with Crippen molar-refractivity contribution < 1.29 is 9.53 Å². The lowest BCUT2D eigenvalue weighted by molar-refractivity contribution is -0.121. The van der Waals surface area contributed by atoms with Gasteiger partial charge in [-0.1, -0.05) is 33.1 Å². The molecule has 1 amide bonds. The van der Waals surface area contributed by atoms with Gasteiger partial charge in [0.05, 0.1) is 6.10 Å². The fourth-order valence-electron chi connectivity index (χ4n) is 2.30. The molecule has 19 heavy (non-hydrogen) atoms. The standard InChI is InChI=1S/C15H30N2O2/c1-12(2)14(16)11-15(18)17-9-6-10-19-13-7-4-3-5-8-13/h12-14H,3-11,16H2,1-2H3,(H,17,18). The monoisotopic (exact) mass is 270 g/mol. The zero-order valence-corrected chi connectivity index (χ0v) is 12.5. The van der Waals surface area contributed by atoms with E-state index in [4.69, 9.17) is 10.5 Å². The van der Waals surface area contributed by atoms with E-state index in [0.29, 0.717) is 25.0 Å². The van der Waals surface area contributed by atoms with Crippen LogP contribution >= 0.6 is 0 Å². The van der Waals surface area contributed by atoms with Gasteiger partial charge in [-0.15, -0.1) is 0 Å². The van der Waals surface area contributed by atoms with E-state index in [1.807, 2.05) is 13.8 Å². The van der Waals surface area contributed by atoms with Gasteiger partial charge in [0.25, 0.3) is 0 Å². The van der Waals surface area contributed by atoms with E-state index in [0.717, 1.165) is 13.0 Å². The third-order valence-corrected chi connectivity index (χ3v) is 3.83. The van der Waals surface area contributed by atoms with Gasteiger partial charge >= 0.3 is 0 Å². The van der Waals surface area contributed by atoms with Crippen LogP contribution in [0.15, 0.2) is 0 Å². The van der Waals surface area contributed by atoms with Gasteiger partial charge in [0.2, 0.25) is 5.91 Å². The van der Waals surface area contributed by atoms with E-state index in [9.17, 15) is 4.79 Å². The van der Waals surface area contributed by atoms with E-state index in [-0.39, 0.29) is 11.9 Å². The topological polar surface area (TPSA) is 64.4 Å². The molecule has 112 valence electrons. The largest absolute Gasteiger partial charge is 0.378 e. The molecule has 0 spiro atoms. The van der Waals surface area contributed by atoms with Gasteiger partial charge in [0.15, 0.2) is 0 Å². The molecule has 0 radical (unpaired) electrons. The fraction of sp³-hybridized carbons (Fsp3) is 0.933. The Morgan fingerprint density at radius 3 is 2.63 bits per heavy atom. The molecule has 0 heterocycles. The van der Waals surface area contributed by atoms with Crippen molar-refractivity contribution in [1.82, 2.24) is 5.32 Å². The summed E-state index contributed by atoms with van der Waals surface area (Å²) in [5.74, 6) is 0.402. The second-order valence-electron chi connectivity index (χ2n) is 5.95. The quantitative estimate of drug-likeness (QED) is 0.665. The molecule has 4 nitrogen and oxygen atoms in total. The summed E-state index contributed by atoms with van der Waals surface area (Å²) in [4.78, 5) is 11.6. The Hall–Kier alpha value is -0.610. The van der Waals surface area contributed by atoms with E-state index < -0.39 is 0 Å². The highest BCUT2D eigenvalue weighted by molar-refractivity contribution is 5.76. The zero-order chi connectivity index (χ0) is 14.1. The second-order valence-corrected chi connectivity index (χ2v) is 5.95. The predicted molar refractivity (Wildman–Crippen MR) is 77.9 cm³/mol. The molecule has 0 saturated heterocycles. The zero-order valence-electron chi connectivity index (χ0n) is 12.5. The number of carbonyl (C=O) groups excluding carboxylic acids is 1. The normalized spacial score (nSPS) is 18.5. The van der Waals surface area contributed by atoms with Crippen LogP contribution < -0.4 is 11.1 Å². The summed E-state index contributed by atoms with van der Waals surface area (Å²) in [5.41, 5.74) is 5.86. The molecule has 1 aliphatic carbocycles.